The first kappa shape index (κ1) is 14.1. The van der Waals surface area contributed by atoms with Crippen molar-refractivity contribution >= 4 is 5.82 Å². The van der Waals surface area contributed by atoms with E-state index in [-0.39, 0.29) is 11.7 Å². The number of rotatable bonds is 5. The molecule has 5 heteroatoms. The van der Waals surface area contributed by atoms with Crippen LogP contribution in [0.3, 0.4) is 0 Å². The second kappa shape index (κ2) is 6.70. The summed E-state index contributed by atoms with van der Waals surface area (Å²) in [6, 6.07) is 0. The zero-order chi connectivity index (χ0) is 13.7. The van der Waals surface area contributed by atoms with Crippen LogP contribution in [-0.2, 0) is 6.54 Å². The molecule has 5 nitrogen and oxygen atoms in total. The van der Waals surface area contributed by atoms with E-state index in [2.05, 4.69) is 10.3 Å². The lowest BCUT2D eigenvalue weighted by Gasteiger charge is -2.25. The SMILES string of the molecule is CCCn1ccnc(NCC2CCCC(O)C2)c1=O. The van der Waals surface area contributed by atoms with Crippen molar-refractivity contribution < 1.29 is 5.11 Å². The van der Waals surface area contributed by atoms with Crippen LogP contribution < -0.4 is 10.9 Å². The minimum Gasteiger partial charge on any atom is -0.393 e. The molecular weight excluding hydrogens is 242 g/mol. The Morgan fingerprint density at radius 3 is 3.11 bits per heavy atom. The number of aliphatic hydroxyl groups is 1. The van der Waals surface area contributed by atoms with Gasteiger partial charge in [0.1, 0.15) is 0 Å². The molecule has 1 saturated carbocycles. The van der Waals surface area contributed by atoms with Gasteiger partial charge in [0.25, 0.3) is 5.56 Å². The first-order chi connectivity index (χ1) is 9.20. The molecule has 0 aliphatic heterocycles. The fraction of sp³-hybridized carbons (Fsp3) is 0.714. The molecule has 1 heterocycles. The van der Waals surface area contributed by atoms with E-state index < -0.39 is 0 Å². The molecule has 2 rings (SSSR count). The standard InChI is InChI=1S/C14H23N3O2/c1-2-7-17-8-6-15-13(14(17)19)16-10-11-4-3-5-12(18)9-11/h6,8,11-12,18H,2-5,7,9-10H2,1H3,(H,15,16). The highest BCUT2D eigenvalue weighted by Crippen LogP contribution is 2.23. The Hall–Kier alpha value is -1.36. The molecule has 0 radical (unpaired) electrons. The number of anilines is 1. The first-order valence-corrected chi connectivity index (χ1v) is 7.18. The van der Waals surface area contributed by atoms with Crippen LogP contribution in [0.15, 0.2) is 17.2 Å². The second-order valence-corrected chi connectivity index (χ2v) is 5.34. The lowest BCUT2D eigenvalue weighted by atomic mass is 9.87. The maximum absolute atomic E-state index is 12.1. The predicted octanol–water partition coefficient (Wildman–Crippen LogP) is 1.62. The number of nitrogens with zero attached hydrogens (tertiary/aromatic N) is 2. The quantitative estimate of drug-likeness (QED) is 0.849. The third-order valence-corrected chi connectivity index (χ3v) is 3.69. The van der Waals surface area contributed by atoms with Crippen molar-refractivity contribution in [1.82, 2.24) is 9.55 Å². The lowest BCUT2D eigenvalue weighted by molar-refractivity contribution is 0.104. The van der Waals surface area contributed by atoms with Gasteiger partial charge in [-0.05, 0) is 31.6 Å². The van der Waals surface area contributed by atoms with E-state index in [1.165, 1.54) is 0 Å². The third kappa shape index (κ3) is 3.80. The minimum absolute atomic E-state index is 0.0549. The van der Waals surface area contributed by atoms with Crippen LogP contribution >= 0.6 is 0 Å². The van der Waals surface area contributed by atoms with E-state index in [4.69, 9.17) is 0 Å². The summed E-state index contributed by atoms with van der Waals surface area (Å²) in [4.78, 5) is 16.2. The largest absolute Gasteiger partial charge is 0.393 e. The molecule has 1 aromatic heterocycles. The molecular formula is C14H23N3O2. The summed E-state index contributed by atoms with van der Waals surface area (Å²) < 4.78 is 1.69. The molecule has 1 aromatic rings. The van der Waals surface area contributed by atoms with E-state index in [1.54, 1.807) is 17.0 Å². The number of hydrogen-bond donors (Lipinski definition) is 2. The van der Waals surface area contributed by atoms with Crippen LogP contribution in [0.25, 0.3) is 0 Å². The first-order valence-electron chi connectivity index (χ1n) is 7.18. The Kier molecular flexibility index (Phi) is 4.96. The summed E-state index contributed by atoms with van der Waals surface area (Å²) in [7, 11) is 0. The van der Waals surface area contributed by atoms with Gasteiger partial charge in [-0.25, -0.2) is 4.98 Å². The highest BCUT2D eigenvalue weighted by Gasteiger charge is 2.20. The number of nitrogens with one attached hydrogen (secondary N) is 1. The smallest absolute Gasteiger partial charge is 0.293 e. The molecule has 0 saturated heterocycles. The zero-order valence-electron chi connectivity index (χ0n) is 11.5. The fourth-order valence-electron chi connectivity index (χ4n) is 2.67. The van der Waals surface area contributed by atoms with Crippen molar-refractivity contribution in [2.75, 3.05) is 11.9 Å². The zero-order valence-corrected chi connectivity index (χ0v) is 11.5. The summed E-state index contributed by atoms with van der Waals surface area (Å²) in [6.07, 6.45) is 8.04. The molecule has 19 heavy (non-hydrogen) atoms. The summed E-state index contributed by atoms with van der Waals surface area (Å²) in [6.45, 7) is 3.48. The van der Waals surface area contributed by atoms with E-state index >= 15 is 0 Å². The molecule has 2 atom stereocenters. The molecule has 1 fully saturated rings. The van der Waals surface area contributed by atoms with Crippen LogP contribution in [0.4, 0.5) is 5.82 Å². The van der Waals surface area contributed by atoms with Gasteiger partial charge in [0, 0.05) is 25.5 Å². The van der Waals surface area contributed by atoms with E-state index in [0.717, 1.165) is 45.2 Å². The van der Waals surface area contributed by atoms with Crippen LogP contribution in [0.5, 0.6) is 0 Å². The van der Waals surface area contributed by atoms with Crippen LogP contribution in [-0.4, -0.2) is 27.3 Å². The molecule has 0 bridgehead atoms. The molecule has 0 aromatic carbocycles. The van der Waals surface area contributed by atoms with Gasteiger partial charge in [0.05, 0.1) is 6.10 Å². The molecule has 2 unspecified atom stereocenters. The maximum Gasteiger partial charge on any atom is 0.293 e. The summed E-state index contributed by atoms with van der Waals surface area (Å²) in [5.41, 5.74) is -0.0549. The van der Waals surface area contributed by atoms with Crippen LogP contribution in [0, 0.1) is 5.92 Å². The van der Waals surface area contributed by atoms with Crippen molar-refractivity contribution in [2.45, 2.75) is 51.7 Å². The molecule has 1 aliphatic rings. The van der Waals surface area contributed by atoms with Crippen molar-refractivity contribution in [3.05, 3.63) is 22.7 Å². The Balaban J connectivity index is 1.95. The molecule has 0 amide bonds. The van der Waals surface area contributed by atoms with Gasteiger partial charge in [-0.2, -0.15) is 0 Å². The van der Waals surface area contributed by atoms with Gasteiger partial charge < -0.3 is 15.0 Å². The average molecular weight is 265 g/mol. The van der Waals surface area contributed by atoms with Crippen molar-refractivity contribution in [3.63, 3.8) is 0 Å². The molecule has 1 aliphatic carbocycles. The van der Waals surface area contributed by atoms with Gasteiger partial charge in [-0.3, -0.25) is 4.79 Å². The Bertz CT molecular complexity index is 458. The number of aryl methyl sites for hydroxylation is 1. The van der Waals surface area contributed by atoms with Crippen molar-refractivity contribution in [2.24, 2.45) is 5.92 Å². The van der Waals surface area contributed by atoms with Crippen LogP contribution in [0.1, 0.15) is 39.0 Å². The fourth-order valence-corrected chi connectivity index (χ4v) is 2.67. The Labute approximate surface area is 113 Å². The second-order valence-electron chi connectivity index (χ2n) is 5.34. The van der Waals surface area contributed by atoms with Gasteiger partial charge in [0.2, 0.25) is 0 Å². The van der Waals surface area contributed by atoms with Crippen molar-refractivity contribution in [1.29, 1.82) is 0 Å². The molecule has 0 spiro atoms. The topological polar surface area (TPSA) is 67.2 Å². The van der Waals surface area contributed by atoms with E-state index in [1.807, 2.05) is 6.92 Å². The van der Waals surface area contributed by atoms with Gasteiger partial charge in [-0.15, -0.1) is 0 Å². The molecule has 2 N–H and O–H groups in total. The van der Waals surface area contributed by atoms with Gasteiger partial charge in [0.15, 0.2) is 5.82 Å². The third-order valence-electron chi connectivity index (χ3n) is 3.69. The van der Waals surface area contributed by atoms with Gasteiger partial charge >= 0.3 is 0 Å². The summed E-state index contributed by atoms with van der Waals surface area (Å²) in [5, 5.41) is 12.8. The predicted molar refractivity (Wildman–Crippen MR) is 75.2 cm³/mol. The highest BCUT2D eigenvalue weighted by molar-refractivity contribution is 5.30. The minimum atomic E-state index is -0.180. The van der Waals surface area contributed by atoms with E-state index in [0.29, 0.717) is 11.7 Å². The van der Waals surface area contributed by atoms with Crippen LogP contribution in [0.2, 0.25) is 0 Å². The highest BCUT2D eigenvalue weighted by atomic mass is 16.3. The number of aliphatic hydroxyl groups excluding tert-OH is 1. The molecule has 106 valence electrons. The lowest BCUT2D eigenvalue weighted by Crippen LogP contribution is -2.29. The number of aromatic nitrogens is 2. The summed E-state index contributed by atoms with van der Waals surface area (Å²) >= 11 is 0. The summed E-state index contributed by atoms with van der Waals surface area (Å²) in [5.74, 6) is 0.862. The Morgan fingerprint density at radius 2 is 2.37 bits per heavy atom. The Morgan fingerprint density at radius 1 is 1.53 bits per heavy atom. The van der Waals surface area contributed by atoms with E-state index in [9.17, 15) is 9.90 Å². The van der Waals surface area contributed by atoms with Gasteiger partial charge in [-0.1, -0.05) is 13.3 Å². The van der Waals surface area contributed by atoms with Crippen molar-refractivity contribution in [3.8, 4) is 0 Å². The normalized spacial score (nSPS) is 23.3. The average Bonchev–Trinajstić information content (AvgIpc) is 2.40. The monoisotopic (exact) mass is 265 g/mol. The maximum atomic E-state index is 12.1. The number of hydrogen-bond acceptors (Lipinski definition) is 4.